The lowest BCUT2D eigenvalue weighted by Crippen LogP contribution is -2.32. The molecule has 1 aliphatic heterocycles. The van der Waals surface area contributed by atoms with Crippen molar-refractivity contribution in [2.45, 2.75) is 38.2 Å². The molecule has 2 aliphatic rings. The van der Waals surface area contributed by atoms with Gasteiger partial charge in [-0.05, 0) is 61.3 Å². The summed E-state index contributed by atoms with van der Waals surface area (Å²) in [7, 11) is 0. The van der Waals surface area contributed by atoms with Crippen molar-refractivity contribution in [2.75, 3.05) is 6.54 Å². The Hall–Kier alpha value is -2.46. The topological polar surface area (TPSA) is 57.6 Å². The summed E-state index contributed by atoms with van der Waals surface area (Å²) >= 11 is 0. The van der Waals surface area contributed by atoms with E-state index < -0.39 is 6.10 Å². The lowest BCUT2D eigenvalue weighted by molar-refractivity contribution is 0.0615. The highest BCUT2D eigenvalue weighted by molar-refractivity contribution is 6.21. The maximum atomic E-state index is 12.3. The molecule has 2 aromatic rings. The van der Waals surface area contributed by atoms with Gasteiger partial charge in [0, 0.05) is 6.54 Å². The number of carbonyl (C=O) groups is 2. The van der Waals surface area contributed by atoms with E-state index in [1.54, 1.807) is 24.3 Å². The number of aliphatic hydroxyl groups is 1. The van der Waals surface area contributed by atoms with Crippen LogP contribution >= 0.6 is 0 Å². The molecule has 4 nitrogen and oxygen atoms in total. The van der Waals surface area contributed by atoms with Crippen LogP contribution in [0.3, 0.4) is 0 Å². The monoisotopic (exact) mass is 349 g/mol. The maximum Gasteiger partial charge on any atom is 0.261 e. The molecule has 0 radical (unpaired) electrons. The number of nitrogens with zero attached hydrogens (tertiary/aromatic N) is 1. The first kappa shape index (κ1) is 17.0. The molecule has 4 heteroatoms. The first-order valence-electron chi connectivity index (χ1n) is 9.33. The molecule has 1 N–H and O–H groups in total. The molecule has 0 saturated carbocycles. The van der Waals surface area contributed by atoms with Gasteiger partial charge in [0.05, 0.1) is 17.2 Å². The summed E-state index contributed by atoms with van der Waals surface area (Å²) in [6.45, 7) is 0.276. The third-order valence-corrected chi connectivity index (χ3v) is 5.61. The van der Waals surface area contributed by atoms with Gasteiger partial charge in [-0.3, -0.25) is 14.5 Å². The molecule has 1 unspecified atom stereocenters. The molecule has 134 valence electrons. The minimum absolute atomic E-state index is 0.246. The van der Waals surface area contributed by atoms with Gasteiger partial charge in [-0.25, -0.2) is 0 Å². The van der Waals surface area contributed by atoms with Crippen molar-refractivity contribution in [1.29, 1.82) is 0 Å². The predicted octanol–water partition coefficient (Wildman–Crippen LogP) is 3.23. The van der Waals surface area contributed by atoms with E-state index in [4.69, 9.17) is 0 Å². The average molecular weight is 349 g/mol. The second-order valence-corrected chi connectivity index (χ2v) is 7.37. The average Bonchev–Trinajstić information content (AvgIpc) is 3.18. The number of amides is 2. The van der Waals surface area contributed by atoms with Crippen LogP contribution in [0.25, 0.3) is 0 Å². The van der Waals surface area contributed by atoms with Crippen molar-refractivity contribution in [1.82, 2.24) is 4.90 Å². The molecule has 26 heavy (non-hydrogen) atoms. The second-order valence-electron chi connectivity index (χ2n) is 7.37. The third kappa shape index (κ3) is 3.17. The molecule has 0 bridgehead atoms. The molecule has 4 rings (SSSR count). The molecule has 0 saturated heterocycles. The first-order chi connectivity index (χ1) is 12.6. The standard InChI is InChI=1S/C22H23NO3/c24-18(10-9-15-13-16-5-1-2-6-17(16)14-15)11-12-23-21(25)19-7-3-4-8-20(19)22(23)26/h1-8,15,18,24H,9-14H2. The van der Waals surface area contributed by atoms with E-state index in [9.17, 15) is 14.7 Å². The molecule has 2 amide bonds. The van der Waals surface area contributed by atoms with Crippen LogP contribution in [-0.4, -0.2) is 34.5 Å². The normalized spacial score (nSPS) is 17.5. The summed E-state index contributed by atoms with van der Waals surface area (Å²) in [6.07, 6.45) is 3.80. The fourth-order valence-corrected chi connectivity index (χ4v) is 4.15. The minimum atomic E-state index is -0.483. The maximum absolute atomic E-state index is 12.3. The SMILES string of the molecule is O=C1c2ccccc2C(=O)N1CCC(O)CCC1Cc2ccccc2C1. The number of hydrogen-bond acceptors (Lipinski definition) is 3. The highest BCUT2D eigenvalue weighted by atomic mass is 16.3. The second kappa shape index (κ2) is 7.04. The number of imide groups is 1. The van der Waals surface area contributed by atoms with Gasteiger partial charge in [-0.1, -0.05) is 36.4 Å². The molecule has 0 spiro atoms. The molecule has 2 aromatic carbocycles. The van der Waals surface area contributed by atoms with Crippen LogP contribution in [0, 0.1) is 5.92 Å². The van der Waals surface area contributed by atoms with Crippen LogP contribution in [0.5, 0.6) is 0 Å². The van der Waals surface area contributed by atoms with Gasteiger partial charge < -0.3 is 5.11 Å². The summed E-state index contributed by atoms with van der Waals surface area (Å²) < 4.78 is 0. The quantitative estimate of drug-likeness (QED) is 0.815. The highest BCUT2D eigenvalue weighted by Crippen LogP contribution is 2.30. The van der Waals surface area contributed by atoms with Crippen molar-refractivity contribution in [3.8, 4) is 0 Å². The molecule has 1 aliphatic carbocycles. The Morgan fingerprint density at radius 1 is 0.885 bits per heavy atom. The third-order valence-electron chi connectivity index (χ3n) is 5.61. The number of fused-ring (bicyclic) bond motifs is 2. The Morgan fingerprint density at radius 2 is 1.42 bits per heavy atom. The van der Waals surface area contributed by atoms with Crippen LogP contribution in [0.1, 0.15) is 51.1 Å². The molecule has 0 aromatic heterocycles. The molecule has 0 fully saturated rings. The number of rotatable bonds is 6. The molecular formula is C22H23NO3. The summed E-state index contributed by atoms with van der Waals surface area (Å²) in [5, 5.41) is 10.3. The van der Waals surface area contributed by atoms with E-state index in [2.05, 4.69) is 24.3 Å². The zero-order valence-corrected chi connectivity index (χ0v) is 14.7. The van der Waals surface area contributed by atoms with Crippen molar-refractivity contribution in [3.05, 3.63) is 70.8 Å². The van der Waals surface area contributed by atoms with Gasteiger partial charge in [0.15, 0.2) is 0 Å². The van der Waals surface area contributed by atoms with E-state index in [1.165, 1.54) is 16.0 Å². The number of carbonyl (C=O) groups excluding carboxylic acids is 2. The van der Waals surface area contributed by atoms with Crippen LogP contribution in [0.15, 0.2) is 48.5 Å². The molecular weight excluding hydrogens is 326 g/mol. The Bertz CT molecular complexity index is 785. The predicted molar refractivity (Wildman–Crippen MR) is 99.0 cm³/mol. The number of aliphatic hydroxyl groups excluding tert-OH is 1. The Balaban J connectivity index is 1.26. The van der Waals surface area contributed by atoms with E-state index in [-0.39, 0.29) is 18.4 Å². The van der Waals surface area contributed by atoms with E-state index in [0.717, 1.165) is 19.3 Å². The Kier molecular flexibility index (Phi) is 4.60. The minimum Gasteiger partial charge on any atom is -0.393 e. The van der Waals surface area contributed by atoms with Crippen molar-refractivity contribution < 1.29 is 14.7 Å². The van der Waals surface area contributed by atoms with Crippen LogP contribution in [0.2, 0.25) is 0 Å². The zero-order chi connectivity index (χ0) is 18.1. The zero-order valence-electron chi connectivity index (χ0n) is 14.7. The van der Waals surface area contributed by atoms with Crippen molar-refractivity contribution >= 4 is 11.8 Å². The highest BCUT2D eigenvalue weighted by Gasteiger charge is 2.35. The summed E-state index contributed by atoms with van der Waals surface area (Å²) in [6, 6.07) is 15.4. The van der Waals surface area contributed by atoms with Crippen LogP contribution < -0.4 is 0 Å². The van der Waals surface area contributed by atoms with Gasteiger partial charge in [-0.2, -0.15) is 0 Å². The Morgan fingerprint density at radius 3 is 2.00 bits per heavy atom. The van der Waals surface area contributed by atoms with Gasteiger partial charge in [-0.15, -0.1) is 0 Å². The van der Waals surface area contributed by atoms with Crippen molar-refractivity contribution in [2.24, 2.45) is 5.92 Å². The van der Waals surface area contributed by atoms with Crippen LogP contribution in [0.4, 0.5) is 0 Å². The number of hydrogen-bond donors (Lipinski definition) is 1. The summed E-state index contributed by atoms with van der Waals surface area (Å²) in [4.78, 5) is 25.9. The van der Waals surface area contributed by atoms with E-state index >= 15 is 0 Å². The van der Waals surface area contributed by atoms with Gasteiger partial charge in [0.25, 0.3) is 11.8 Å². The summed E-state index contributed by atoms with van der Waals surface area (Å²) in [5.41, 5.74) is 3.79. The van der Waals surface area contributed by atoms with Crippen LogP contribution in [-0.2, 0) is 12.8 Å². The largest absolute Gasteiger partial charge is 0.393 e. The fraction of sp³-hybridized carbons (Fsp3) is 0.364. The Labute approximate surface area is 153 Å². The van der Waals surface area contributed by atoms with Gasteiger partial charge >= 0.3 is 0 Å². The molecule has 1 heterocycles. The lowest BCUT2D eigenvalue weighted by Gasteiger charge is -2.18. The number of benzene rings is 2. The fourth-order valence-electron chi connectivity index (χ4n) is 4.15. The lowest BCUT2D eigenvalue weighted by atomic mass is 9.97. The first-order valence-corrected chi connectivity index (χ1v) is 9.33. The van der Waals surface area contributed by atoms with E-state index in [0.29, 0.717) is 29.9 Å². The summed E-state index contributed by atoms with van der Waals surface area (Å²) in [5.74, 6) is 0.0921. The van der Waals surface area contributed by atoms with Gasteiger partial charge in [0.2, 0.25) is 0 Å². The van der Waals surface area contributed by atoms with Crippen molar-refractivity contribution in [3.63, 3.8) is 0 Å². The van der Waals surface area contributed by atoms with Gasteiger partial charge in [0.1, 0.15) is 0 Å². The smallest absolute Gasteiger partial charge is 0.261 e. The molecule has 1 atom stereocenters. The van der Waals surface area contributed by atoms with E-state index in [1.807, 2.05) is 0 Å².